The molecule has 1 heterocycles. The highest BCUT2D eigenvalue weighted by atomic mass is 16.5. The van der Waals surface area contributed by atoms with E-state index in [2.05, 4.69) is 23.8 Å². The number of methoxy groups -OCH3 is 1. The van der Waals surface area contributed by atoms with Crippen LogP contribution in [0.1, 0.15) is 18.9 Å². The number of para-hydroxylation sites is 1. The zero-order chi connectivity index (χ0) is 12.3. The molecule has 0 amide bonds. The molecule has 2 rings (SSSR count). The zero-order valence-electron chi connectivity index (χ0n) is 10.6. The molecular weight excluding hydrogens is 212 g/mol. The van der Waals surface area contributed by atoms with Crippen LogP contribution in [-0.4, -0.2) is 18.2 Å². The van der Waals surface area contributed by atoms with Crippen LogP contribution in [0.5, 0.6) is 5.75 Å². The normalized spacial score (nSPS) is 11.0. The molecule has 1 aromatic carbocycles. The van der Waals surface area contributed by atoms with Gasteiger partial charge in [-0.2, -0.15) is 0 Å². The lowest BCUT2D eigenvalue weighted by atomic mass is 10.1. The third kappa shape index (κ3) is 2.15. The summed E-state index contributed by atoms with van der Waals surface area (Å²) in [6.07, 6.45) is 4.29. The van der Waals surface area contributed by atoms with Crippen molar-refractivity contribution in [1.82, 2.24) is 4.57 Å². The molecule has 0 aliphatic carbocycles. The molecule has 0 atom stereocenters. The molecule has 2 N–H and O–H groups in total. The second kappa shape index (κ2) is 5.23. The fourth-order valence-corrected chi connectivity index (χ4v) is 2.31. The molecule has 0 fully saturated rings. The Hall–Kier alpha value is -1.48. The standard InChI is InChI=1S/C14H20N2O/c1-3-16-10-11(6-5-9-15)12-7-4-8-13(17-2)14(12)16/h4,7-8,10H,3,5-6,9,15H2,1-2H3. The minimum absolute atomic E-state index is 0.739. The van der Waals surface area contributed by atoms with Crippen molar-refractivity contribution in [3.8, 4) is 5.75 Å². The van der Waals surface area contributed by atoms with Gasteiger partial charge in [-0.1, -0.05) is 12.1 Å². The van der Waals surface area contributed by atoms with Gasteiger partial charge in [0.2, 0.25) is 0 Å². The number of nitrogens with two attached hydrogens (primary N) is 1. The highest BCUT2D eigenvalue weighted by Gasteiger charge is 2.11. The van der Waals surface area contributed by atoms with E-state index in [0.29, 0.717) is 0 Å². The molecule has 0 saturated carbocycles. The van der Waals surface area contributed by atoms with Crippen molar-refractivity contribution in [2.24, 2.45) is 5.73 Å². The molecule has 92 valence electrons. The predicted octanol–water partition coefficient (Wildman–Crippen LogP) is 2.56. The minimum atomic E-state index is 0.739. The second-order valence-electron chi connectivity index (χ2n) is 4.19. The Morgan fingerprint density at radius 3 is 2.82 bits per heavy atom. The van der Waals surface area contributed by atoms with Gasteiger partial charge in [-0.15, -0.1) is 0 Å². The molecule has 0 radical (unpaired) electrons. The van der Waals surface area contributed by atoms with Crippen LogP contribution < -0.4 is 10.5 Å². The van der Waals surface area contributed by atoms with Crippen molar-refractivity contribution in [3.63, 3.8) is 0 Å². The molecule has 0 unspecified atom stereocenters. The summed E-state index contributed by atoms with van der Waals surface area (Å²) in [7, 11) is 1.72. The van der Waals surface area contributed by atoms with Crippen molar-refractivity contribution >= 4 is 10.9 Å². The summed E-state index contributed by atoms with van der Waals surface area (Å²) in [5, 5.41) is 1.29. The maximum atomic E-state index is 5.58. The fourth-order valence-electron chi connectivity index (χ4n) is 2.31. The molecular formula is C14H20N2O. The van der Waals surface area contributed by atoms with Crippen molar-refractivity contribution in [3.05, 3.63) is 30.0 Å². The van der Waals surface area contributed by atoms with Crippen LogP contribution >= 0.6 is 0 Å². The van der Waals surface area contributed by atoms with Gasteiger partial charge in [-0.25, -0.2) is 0 Å². The third-order valence-corrected chi connectivity index (χ3v) is 3.15. The van der Waals surface area contributed by atoms with E-state index in [9.17, 15) is 0 Å². The lowest BCUT2D eigenvalue weighted by Crippen LogP contribution is -1.99. The summed E-state index contributed by atoms with van der Waals surface area (Å²) in [5.41, 5.74) is 8.15. The monoisotopic (exact) mass is 232 g/mol. The summed E-state index contributed by atoms with van der Waals surface area (Å²) < 4.78 is 7.69. The van der Waals surface area contributed by atoms with Gasteiger partial charge in [-0.3, -0.25) is 0 Å². The molecule has 3 nitrogen and oxygen atoms in total. The summed E-state index contributed by atoms with van der Waals surface area (Å²) in [5.74, 6) is 0.948. The number of aryl methyl sites for hydroxylation is 2. The number of ether oxygens (including phenoxy) is 1. The van der Waals surface area contributed by atoms with Crippen LogP contribution in [0.3, 0.4) is 0 Å². The fraction of sp³-hybridized carbons (Fsp3) is 0.429. The molecule has 0 bridgehead atoms. The number of benzene rings is 1. The van der Waals surface area contributed by atoms with Gasteiger partial charge in [0.25, 0.3) is 0 Å². The van der Waals surface area contributed by atoms with Crippen molar-refractivity contribution in [1.29, 1.82) is 0 Å². The number of aromatic nitrogens is 1. The summed E-state index contributed by atoms with van der Waals surface area (Å²) in [6, 6.07) is 6.23. The van der Waals surface area contributed by atoms with E-state index in [0.717, 1.165) is 31.7 Å². The van der Waals surface area contributed by atoms with Gasteiger partial charge in [-0.05, 0) is 37.9 Å². The summed E-state index contributed by atoms with van der Waals surface area (Å²) in [6.45, 7) is 3.85. The van der Waals surface area contributed by atoms with Crippen LogP contribution in [0.4, 0.5) is 0 Å². The Balaban J connectivity index is 2.55. The van der Waals surface area contributed by atoms with Gasteiger partial charge < -0.3 is 15.0 Å². The Kier molecular flexibility index (Phi) is 3.69. The van der Waals surface area contributed by atoms with E-state index in [1.54, 1.807) is 7.11 Å². The average molecular weight is 232 g/mol. The summed E-state index contributed by atoms with van der Waals surface area (Å²) in [4.78, 5) is 0. The second-order valence-corrected chi connectivity index (χ2v) is 4.19. The number of hydrogen-bond acceptors (Lipinski definition) is 2. The molecule has 17 heavy (non-hydrogen) atoms. The third-order valence-electron chi connectivity index (χ3n) is 3.15. The van der Waals surface area contributed by atoms with Gasteiger partial charge in [0, 0.05) is 18.1 Å². The van der Waals surface area contributed by atoms with Crippen LogP contribution in [-0.2, 0) is 13.0 Å². The first-order chi connectivity index (χ1) is 8.31. The number of hydrogen-bond donors (Lipinski definition) is 1. The minimum Gasteiger partial charge on any atom is -0.495 e. The van der Waals surface area contributed by atoms with Crippen LogP contribution in [0, 0.1) is 0 Å². The first kappa shape index (κ1) is 12.0. The van der Waals surface area contributed by atoms with Crippen molar-refractivity contribution < 1.29 is 4.74 Å². The molecule has 0 aliphatic rings. The number of fused-ring (bicyclic) bond motifs is 1. The highest BCUT2D eigenvalue weighted by molar-refractivity contribution is 5.89. The average Bonchev–Trinajstić information content (AvgIpc) is 2.74. The zero-order valence-corrected chi connectivity index (χ0v) is 10.6. The Labute approximate surface area is 102 Å². The quantitative estimate of drug-likeness (QED) is 0.860. The molecule has 0 aliphatic heterocycles. The lowest BCUT2D eigenvalue weighted by Gasteiger charge is -2.06. The first-order valence-corrected chi connectivity index (χ1v) is 6.16. The van der Waals surface area contributed by atoms with Crippen molar-refractivity contribution in [2.45, 2.75) is 26.3 Å². The molecule has 0 spiro atoms. The van der Waals surface area contributed by atoms with E-state index >= 15 is 0 Å². The SMILES string of the molecule is CCn1cc(CCCN)c2cccc(OC)c21. The predicted molar refractivity (Wildman–Crippen MR) is 71.5 cm³/mol. The Morgan fingerprint density at radius 2 is 2.18 bits per heavy atom. The molecule has 0 saturated heterocycles. The number of rotatable bonds is 5. The van der Waals surface area contributed by atoms with E-state index < -0.39 is 0 Å². The maximum Gasteiger partial charge on any atom is 0.143 e. The Morgan fingerprint density at radius 1 is 1.35 bits per heavy atom. The van der Waals surface area contributed by atoms with Gasteiger partial charge >= 0.3 is 0 Å². The van der Waals surface area contributed by atoms with E-state index in [4.69, 9.17) is 10.5 Å². The van der Waals surface area contributed by atoms with Crippen molar-refractivity contribution in [2.75, 3.05) is 13.7 Å². The molecule has 3 heteroatoms. The smallest absolute Gasteiger partial charge is 0.143 e. The highest BCUT2D eigenvalue weighted by Crippen LogP contribution is 2.30. The largest absolute Gasteiger partial charge is 0.495 e. The topological polar surface area (TPSA) is 40.2 Å². The van der Waals surface area contributed by atoms with E-state index in [-0.39, 0.29) is 0 Å². The summed E-state index contributed by atoms with van der Waals surface area (Å²) >= 11 is 0. The van der Waals surface area contributed by atoms with Gasteiger partial charge in [0.05, 0.1) is 12.6 Å². The maximum absolute atomic E-state index is 5.58. The van der Waals surface area contributed by atoms with Crippen LogP contribution in [0.25, 0.3) is 10.9 Å². The van der Waals surface area contributed by atoms with Gasteiger partial charge in [0.1, 0.15) is 5.75 Å². The Bertz CT molecular complexity index is 502. The van der Waals surface area contributed by atoms with E-state index in [1.807, 2.05) is 12.1 Å². The number of nitrogens with zero attached hydrogens (tertiary/aromatic N) is 1. The van der Waals surface area contributed by atoms with Gasteiger partial charge in [0.15, 0.2) is 0 Å². The van der Waals surface area contributed by atoms with Crippen LogP contribution in [0.15, 0.2) is 24.4 Å². The lowest BCUT2D eigenvalue weighted by molar-refractivity contribution is 0.417. The molecule has 2 aromatic rings. The van der Waals surface area contributed by atoms with Crippen LogP contribution in [0.2, 0.25) is 0 Å². The first-order valence-electron chi connectivity index (χ1n) is 6.16. The van der Waals surface area contributed by atoms with E-state index in [1.165, 1.54) is 16.5 Å². The molecule has 1 aromatic heterocycles.